The van der Waals surface area contributed by atoms with Crippen molar-refractivity contribution < 1.29 is 14.3 Å². The molecule has 0 radical (unpaired) electrons. The lowest BCUT2D eigenvalue weighted by molar-refractivity contribution is 0.103. The Morgan fingerprint density at radius 1 is 1.05 bits per heavy atom. The fourth-order valence-corrected chi connectivity index (χ4v) is 2.86. The molecule has 0 amide bonds. The molecule has 0 aliphatic heterocycles. The Morgan fingerprint density at radius 2 is 1.76 bits per heavy atom. The van der Waals surface area contributed by atoms with Crippen molar-refractivity contribution >= 4 is 21.7 Å². The van der Waals surface area contributed by atoms with E-state index in [1.165, 1.54) is 0 Å². The maximum Gasteiger partial charge on any atom is 0.198 e. The molecule has 0 saturated heterocycles. The molecule has 21 heavy (non-hydrogen) atoms. The molecule has 0 atom stereocenters. The van der Waals surface area contributed by atoms with Crippen molar-refractivity contribution in [3.63, 3.8) is 0 Å². The van der Waals surface area contributed by atoms with Crippen LogP contribution in [-0.4, -0.2) is 20.0 Å². The van der Waals surface area contributed by atoms with E-state index in [0.29, 0.717) is 27.1 Å². The summed E-state index contributed by atoms with van der Waals surface area (Å²) in [7, 11) is 3.12. The van der Waals surface area contributed by atoms with Crippen LogP contribution in [0, 0.1) is 13.8 Å². The van der Waals surface area contributed by atoms with Gasteiger partial charge in [0.1, 0.15) is 11.5 Å². The largest absolute Gasteiger partial charge is 0.497 e. The zero-order valence-corrected chi connectivity index (χ0v) is 14.1. The molecule has 0 fully saturated rings. The van der Waals surface area contributed by atoms with Gasteiger partial charge in [0, 0.05) is 16.1 Å². The predicted molar refractivity (Wildman–Crippen MR) is 86.6 cm³/mol. The fraction of sp³-hybridized carbons (Fsp3) is 0.235. The van der Waals surface area contributed by atoms with Gasteiger partial charge in [0.15, 0.2) is 5.78 Å². The quantitative estimate of drug-likeness (QED) is 0.772. The van der Waals surface area contributed by atoms with Crippen LogP contribution in [0.2, 0.25) is 0 Å². The molecule has 0 aliphatic carbocycles. The first kappa shape index (κ1) is 15.6. The van der Waals surface area contributed by atoms with Crippen LogP contribution in [0.25, 0.3) is 0 Å². The van der Waals surface area contributed by atoms with Crippen LogP contribution in [0.5, 0.6) is 11.5 Å². The summed E-state index contributed by atoms with van der Waals surface area (Å²) < 4.78 is 11.2. The summed E-state index contributed by atoms with van der Waals surface area (Å²) in [4.78, 5) is 12.8. The number of carbonyl (C=O) groups is 1. The van der Waals surface area contributed by atoms with Gasteiger partial charge in [-0.1, -0.05) is 23.8 Å². The molecule has 3 nitrogen and oxygen atoms in total. The smallest absolute Gasteiger partial charge is 0.198 e. The third-order valence-corrected chi connectivity index (χ3v) is 3.96. The fourth-order valence-electron chi connectivity index (χ4n) is 2.26. The van der Waals surface area contributed by atoms with Gasteiger partial charge >= 0.3 is 0 Å². The van der Waals surface area contributed by atoms with Crippen LogP contribution in [0.4, 0.5) is 0 Å². The molecule has 2 rings (SSSR count). The number of hydrogen-bond acceptors (Lipinski definition) is 3. The van der Waals surface area contributed by atoms with Gasteiger partial charge in [-0.15, -0.1) is 0 Å². The van der Waals surface area contributed by atoms with Gasteiger partial charge in [-0.05, 0) is 41.4 Å². The Kier molecular flexibility index (Phi) is 4.68. The van der Waals surface area contributed by atoms with Gasteiger partial charge < -0.3 is 9.47 Å². The highest BCUT2D eigenvalue weighted by Gasteiger charge is 2.21. The number of halogens is 1. The zero-order chi connectivity index (χ0) is 15.6. The van der Waals surface area contributed by atoms with Crippen molar-refractivity contribution in [2.45, 2.75) is 13.8 Å². The third-order valence-electron chi connectivity index (χ3n) is 3.34. The van der Waals surface area contributed by atoms with Gasteiger partial charge in [0.05, 0.1) is 19.8 Å². The monoisotopic (exact) mass is 348 g/mol. The van der Waals surface area contributed by atoms with E-state index in [-0.39, 0.29) is 5.78 Å². The van der Waals surface area contributed by atoms with E-state index in [1.807, 2.05) is 32.0 Å². The van der Waals surface area contributed by atoms with E-state index in [9.17, 15) is 4.79 Å². The minimum absolute atomic E-state index is 0.0705. The van der Waals surface area contributed by atoms with Crippen molar-refractivity contribution in [2.24, 2.45) is 0 Å². The van der Waals surface area contributed by atoms with Crippen LogP contribution in [-0.2, 0) is 0 Å². The van der Waals surface area contributed by atoms with Crippen LogP contribution >= 0.6 is 15.9 Å². The molecule has 4 heteroatoms. The molecular weight excluding hydrogens is 332 g/mol. The number of ketones is 1. The second kappa shape index (κ2) is 6.31. The highest BCUT2D eigenvalue weighted by Crippen LogP contribution is 2.34. The summed E-state index contributed by atoms with van der Waals surface area (Å²) in [5.41, 5.74) is 3.25. The number of rotatable bonds is 4. The predicted octanol–water partition coefficient (Wildman–Crippen LogP) is 4.31. The number of hydrogen-bond donors (Lipinski definition) is 0. The Balaban J connectivity index is 2.57. The van der Waals surface area contributed by atoms with Crippen LogP contribution in [0.15, 0.2) is 34.8 Å². The Morgan fingerprint density at radius 3 is 2.33 bits per heavy atom. The summed E-state index contributed by atoms with van der Waals surface area (Å²) in [6.45, 7) is 3.94. The lowest BCUT2D eigenvalue weighted by Gasteiger charge is -2.13. The van der Waals surface area contributed by atoms with Crippen LogP contribution < -0.4 is 9.47 Å². The van der Waals surface area contributed by atoms with Crippen molar-refractivity contribution in [2.75, 3.05) is 14.2 Å². The van der Waals surface area contributed by atoms with Gasteiger partial charge in [0.25, 0.3) is 0 Å². The highest BCUT2D eigenvalue weighted by atomic mass is 79.9. The van der Waals surface area contributed by atoms with E-state index < -0.39 is 0 Å². The minimum atomic E-state index is -0.0705. The van der Waals surface area contributed by atoms with E-state index in [4.69, 9.17) is 9.47 Å². The summed E-state index contributed by atoms with van der Waals surface area (Å²) in [6, 6.07) is 9.26. The lowest BCUT2D eigenvalue weighted by atomic mass is 9.97. The van der Waals surface area contributed by atoms with E-state index >= 15 is 0 Å². The highest BCUT2D eigenvalue weighted by molar-refractivity contribution is 9.10. The number of ether oxygens (including phenoxy) is 2. The van der Waals surface area contributed by atoms with Gasteiger partial charge in [0.2, 0.25) is 0 Å². The normalized spacial score (nSPS) is 10.3. The Bertz CT molecular complexity index is 693. The zero-order valence-electron chi connectivity index (χ0n) is 12.5. The molecule has 0 N–H and O–H groups in total. The lowest BCUT2D eigenvalue weighted by Crippen LogP contribution is -2.07. The molecule has 0 unspecified atom stereocenters. The van der Waals surface area contributed by atoms with Crippen molar-refractivity contribution in [3.05, 3.63) is 57.1 Å². The molecule has 110 valence electrons. The van der Waals surface area contributed by atoms with Gasteiger partial charge in [-0.2, -0.15) is 0 Å². The topological polar surface area (TPSA) is 35.5 Å². The molecule has 0 bridgehead atoms. The summed E-state index contributed by atoms with van der Waals surface area (Å²) in [5, 5.41) is 0. The molecular formula is C17H17BrO3. The van der Waals surface area contributed by atoms with Crippen molar-refractivity contribution in [1.29, 1.82) is 0 Å². The number of methoxy groups -OCH3 is 2. The average Bonchev–Trinajstić information content (AvgIpc) is 2.45. The molecule has 2 aromatic carbocycles. The average molecular weight is 349 g/mol. The molecule has 0 saturated carbocycles. The number of benzene rings is 2. The van der Waals surface area contributed by atoms with E-state index in [0.717, 1.165) is 11.1 Å². The Labute approximate surface area is 133 Å². The summed E-state index contributed by atoms with van der Waals surface area (Å²) in [5.74, 6) is 1.06. The maximum atomic E-state index is 12.8. The second-order valence-electron chi connectivity index (χ2n) is 4.83. The van der Waals surface area contributed by atoms with Crippen molar-refractivity contribution in [1.82, 2.24) is 0 Å². The van der Waals surface area contributed by atoms with Gasteiger partial charge in [-0.3, -0.25) is 4.79 Å². The first-order valence-electron chi connectivity index (χ1n) is 6.51. The number of aryl methyl sites for hydroxylation is 2. The van der Waals surface area contributed by atoms with E-state index in [1.54, 1.807) is 26.4 Å². The summed E-state index contributed by atoms with van der Waals surface area (Å²) >= 11 is 3.44. The van der Waals surface area contributed by atoms with Crippen molar-refractivity contribution in [3.8, 4) is 11.5 Å². The molecule has 2 aromatic rings. The SMILES string of the molecule is COc1cc(Br)c(C(=O)c2ccc(C)cc2C)c(OC)c1. The first-order chi connectivity index (χ1) is 9.97. The van der Waals surface area contributed by atoms with E-state index in [2.05, 4.69) is 15.9 Å². The van der Waals surface area contributed by atoms with Crippen LogP contribution in [0.3, 0.4) is 0 Å². The summed E-state index contributed by atoms with van der Waals surface area (Å²) in [6.07, 6.45) is 0. The van der Waals surface area contributed by atoms with Crippen LogP contribution in [0.1, 0.15) is 27.0 Å². The molecule has 0 spiro atoms. The first-order valence-corrected chi connectivity index (χ1v) is 7.30. The minimum Gasteiger partial charge on any atom is -0.497 e. The second-order valence-corrected chi connectivity index (χ2v) is 5.69. The molecule has 0 aliphatic rings. The molecule has 0 aromatic heterocycles. The third kappa shape index (κ3) is 3.10. The Hall–Kier alpha value is -1.81. The van der Waals surface area contributed by atoms with Gasteiger partial charge in [-0.25, -0.2) is 0 Å². The number of carbonyl (C=O) groups excluding carboxylic acids is 1. The maximum absolute atomic E-state index is 12.8. The molecule has 0 heterocycles. The standard InChI is InChI=1S/C17H17BrO3/c1-10-5-6-13(11(2)7-10)17(19)16-14(18)8-12(20-3)9-15(16)21-4/h5-9H,1-4H3.